The van der Waals surface area contributed by atoms with Crippen molar-refractivity contribution in [2.45, 2.75) is 41.3 Å². The summed E-state index contributed by atoms with van der Waals surface area (Å²) in [5, 5.41) is -7.42. The molecule has 1 aromatic carbocycles. The fraction of sp³-hybridized carbons (Fsp3) is 0.600. The minimum absolute atomic E-state index is 0.197. The fourth-order valence-electron chi connectivity index (χ4n) is 2.21. The molecule has 19 heteroatoms. The quantitative estimate of drug-likeness (QED) is 0.235. The Balaban J connectivity index is 3.42. The highest BCUT2D eigenvalue weighted by Gasteiger charge is 2.93. The molecule has 0 radical (unpaired) electrons. The Bertz CT molecular complexity index is 986. The van der Waals surface area contributed by atoms with Crippen molar-refractivity contribution in [2.24, 2.45) is 5.50 Å². The highest BCUT2D eigenvalue weighted by atomic mass is 32.2. The molecule has 0 fully saturated rings. The molecule has 1 rings (SSSR count). The number of hydrogen-bond acceptors (Lipinski definition) is 4. The SMILES string of the molecule is C[P+](C)(N)Cc1ccc(OS(=O)(=O)C(F)(F)C(F)(F)C(F)(F)C(F)(F)C(F)(F)C(F)(F)F)cc1. The molecule has 0 saturated heterocycles. The van der Waals surface area contributed by atoms with Crippen LogP contribution in [-0.4, -0.2) is 56.9 Å². The zero-order valence-electron chi connectivity index (χ0n) is 16.6. The summed E-state index contributed by atoms with van der Waals surface area (Å²) < 4.78 is 197. The van der Waals surface area contributed by atoms with Crippen LogP contribution in [0, 0.1) is 0 Å². The van der Waals surface area contributed by atoms with Crippen molar-refractivity contribution in [1.82, 2.24) is 0 Å². The van der Waals surface area contributed by atoms with Crippen LogP contribution in [0.5, 0.6) is 5.75 Å². The maximum Gasteiger partial charge on any atom is 0.460 e. The van der Waals surface area contributed by atoms with Crippen molar-refractivity contribution in [2.75, 3.05) is 13.3 Å². The Morgan fingerprint density at radius 2 is 1.12 bits per heavy atom. The number of halogens is 13. The molecule has 0 aliphatic rings. The van der Waals surface area contributed by atoms with E-state index in [-0.39, 0.29) is 6.16 Å². The van der Waals surface area contributed by atoms with Gasteiger partial charge in [-0.15, -0.1) is 0 Å². The summed E-state index contributed by atoms with van der Waals surface area (Å²) in [7, 11) is -9.36. The molecule has 34 heavy (non-hydrogen) atoms. The Labute approximate surface area is 183 Å². The molecule has 1 aromatic rings. The van der Waals surface area contributed by atoms with Crippen LogP contribution in [0.15, 0.2) is 24.3 Å². The predicted molar refractivity (Wildman–Crippen MR) is 93.4 cm³/mol. The summed E-state index contributed by atoms with van der Waals surface area (Å²) >= 11 is 0. The molecule has 0 aliphatic carbocycles. The first-order chi connectivity index (χ1) is 14.7. The van der Waals surface area contributed by atoms with E-state index in [9.17, 15) is 65.5 Å². The van der Waals surface area contributed by atoms with Gasteiger partial charge in [-0.05, 0) is 17.7 Å². The van der Waals surface area contributed by atoms with Gasteiger partial charge in [0.2, 0.25) is 0 Å². The summed E-state index contributed by atoms with van der Waals surface area (Å²) in [6.07, 6.45) is -7.41. The molecule has 0 atom stereocenters. The van der Waals surface area contributed by atoms with Crippen molar-refractivity contribution in [3.05, 3.63) is 29.8 Å². The number of nitrogens with two attached hydrogens (primary N) is 1. The van der Waals surface area contributed by atoms with E-state index in [0.29, 0.717) is 17.7 Å². The first-order valence-corrected chi connectivity index (χ1v) is 12.6. The van der Waals surface area contributed by atoms with E-state index < -0.39 is 58.4 Å². The zero-order valence-corrected chi connectivity index (χ0v) is 18.3. The van der Waals surface area contributed by atoms with E-state index in [1.54, 1.807) is 13.3 Å². The van der Waals surface area contributed by atoms with Crippen molar-refractivity contribution in [3.63, 3.8) is 0 Å². The largest absolute Gasteiger partial charge is 0.460 e. The topological polar surface area (TPSA) is 69.4 Å². The van der Waals surface area contributed by atoms with Gasteiger partial charge in [-0.1, -0.05) is 12.1 Å². The molecule has 0 aliphatic heterocycles. The van der Waals surface area contributed by atoms with E-state index in [1.165, 1.54) is 0 Å². The summed E-state index contributed by atoms with van der Waals surface area (Å²) in [6, 6.07) is 3.09. The Morgan fingerprint density at radius 3 is 1.47 bits per heavy atom. The Hall–Kier alpha value is -1.55. The molecule has 0 heterocycles. The third-order valence-electron chi connectivity index (χ3n) is 3.94. The molecular weight excluding hydrogens is 552 g/mol. The monoisotopic (exact) mass is 566 g/mol. The third-order valence-corrected chi connectivity index (χ3v) is 6.41. The summed E-state index contributed by atoms with van der Waals surface area (Å²) in [5.41, 5.74) is 6.14. The average Bonchev–Trinajstić information content (AvgIpc) is 2.60. The second-order valence-electron chi connectivity index (χ2n) is 7.43. The van der Waals surface area contributed by atoms with Crippen molar-refractivity contribution < 1.29 is 69.7 Å². The van der Waals surface area contributed by atoms with Gasteiger partial charge in [-0.25, -0.2) is 5.50 Å². The third kappa shape index (κ3) is 5.03. The number of hydrogen-bond donors (Lipinski definition) is 1. The molecule has 0 saturated carbocycles. The van der Waals surface area contributed by atoms with Crippen LogP contribution >= 0.6 is 7.41 Å². The predicted octanol–water partition coefficient (Wildman–Crippen LogP) is 5.74. The molecule has 198 valence electrons. The Morgan fingerprint density at radius 1 is 0.735 bits per heavy atom. The second-order valence-corrected chi connectivity index (χ2v) is 12.9. The van der Waals surface area contributed by atoms with Crippen LogP contribution in [0.1, 0.15) is 5.56 Å². The first kappa shape index (κ1) is 30.5. The summed E-state index contributed by atoms with van der Waals surface area (Å²) in [6.45, 7) is 3.28. The fourth-order valence-corrected chi connectivity index (χ4v) is 4.28. The number of benzene rings is 1. The summed E-state index contributed by atoms with van der Waals surface area (Å²) in [5.74, 6) is -33.7. The zero-order chi connectivity index (χ0) is 27.4. The van der Waals surface area contributed by atoms with E-state index >= 15 is 0 Å². The smallest absolute Gasteiger partial charge is 0.378 e. The molecule has 0 aromatic heterocycles. The highest BCUT2D eigenvalue weighted by Crippen LogP contribution is 2.61. The minimum Gasteiger partial charge on any atom is -0.378 e. The van der Waals surface area contributed by atoms with Crippen molar-refractivity contribution >= 4 is 17.5 Å². The molecular formula is C15H14F13NO3PS+. The van der Waals surface area contributed by atoms with E-state index in [4.69, 9.17) is 5.50 Å². The molecule has 0 spiro atoms. The lowest BCUT2D eigenvalue weighted by molar-refractivity contribution is -0.433. The van der Waals surface area contributed by atoms with Crippen LogP contribution < -0.4 is 9.69 Å². The lowest BCUT2D eigenvalue weighted by atomic mass is 9.98. The molecule has 0 unspecified atom stereocenters. The minimum atomic E-state index is -8.25. The van der Waals surface area contributed by atoms with Gasteiger partial charge in [0.1, 0.15) is 5.75 Å². The maximum atomic E-state index is 13.9. The van der Waals surface area contributed by atoms with Gasteiger partial charge in [-0.2, -0.15) is 65.5 Å². The van der Waals surface area contributed by atoms with E-state index in [1.807, 2.05) is 0 Å². The highest BCUT2D eigenvalue weighted by molar-refractivity contribution is 7.88. The van der Waals surface area contributed by atoms with Crippen LogP contribution in [0.2, 0.25) is 0 Å². The van der Waals surface area contributed by atoms with Gasteiger partial charge in [0.05, 0.1) is 26.9 Å². The molecule has 0 amide bonds. The van der Waals surface area contributed by atoms with Gasteiger partial charge in [0.15, 0.2) is 0 Å². The maximum absolute atomic E-state index is 13.9. The van der Waals surface area contributed by atoms with Gasteiger partial charge in [-0.3, -0.25) is 0 Å². The normalized spacial score (nSPS) is 15.4. The van der Waals surface area contributed by atoms with Gasteiger partial charge in [0, 0.05) is 0 Å². The van der Waals surface area contributed by atoms with E-state index in [2.05, 4.69) is 4.18 Å². The van der Waals surface area contributed by atoms with E-state index in [0.717, 1.165) is 12.1 Å². The van der Waals surface area contributed by atoms with Gasteiger partial charge >= 0.3 is 45.2 Å². The van der Waals surface area contributed by atoms with Crippen molar-refractivity contribution in [3.8, 4) is 5.75 Å². The average molecular weight is 566 g/mol. The van der Waals surface area contributed by atoms with Crippen LogP contribution in [-0.2, 0) is 16.3 Å². The Kier molecular flexibility index (Phi) is 7.65. The lowest BCUT2D eigenvalue weighted by Gasteiger charge is -2.38. The molecule has 2 N–H and O–H groups in total. The number of alkyl halides is 13. The van der Waals surface area contributed by atoms with Crippen LogP contribution in [0.3, 0.4) is 0 Å². The standard InChI is InChI=1S/C15H14F13NO3PS/c1-33(2,29)7-8-3-5-9(6-4-8)32-34(30,31)15(27,28)13(22,23)11(18,19)10(16,17)12(20,21)14(24,25)26/h3-6H,7,29H2,1-2H3/q+1. The first-order valence-electron chi connectivity index (χ1n) is 8.26. The van der Waals surface area contributed by atoms with Crippen LogP contribution in [0.4, 0.5) is 57.1 Å². The van der Waals surface area contributed by atoms with Crippen molar-refractivity contribution in [1.29, 1.82) is 0 Å². The van der Waals surface area contributed by atoms with Crippen LogP contribution in [0.25, 0.3) is 0 Å². The summed E-state index contributed by atoms with van der Waals surface area (Å²) in [4.78, 5) is 0. The molecule has 0 bridgehead atoms. The lowest BCUT2D eigenvalue weighted by Crippen LogP contribution is -2.71. The molecule has 4 nitrogen and oxygen atoms in total. The number of rotatable bonds is 9. The van der Waals surface area contributed by atoms with Gasteiger partial charge < -0.3 is 4.18 Å². The second kappa shape index (κ2) is 8.54. The van der Waals surface area contributed by atoms with Gasteiger partial charge in [0.25, 0.3) is 0 Å².